The molecule has 1 aliphatic carbocycles. The molecule has 0 spiro atoms. The second kappa shape index (κ2) is 7.55. The molecule has 120 valence electrons. The van der Waals surface area contributed by atoms with Crippen molar-refractivity contribution < 1.29 is 0 Å². The quantitative estimate of drug-likeness (QED) is 0.647. The maximum absolute atomic E-state index is 6.25. The lowest BCUT2D eigenvalue weighted by Gasteiger charge is -2.51. The normalized spacial score (nSPS) is 18.3. The van der Waals surface area contributed by atoms with Gasteiger partial charge in [0.25, 0.3) is 0 Å². The van der Waals surface area contributed by atoms with Crippen LogP contribution in [-0.4, -0.2) is 25.0 Å². The van der Waals surface area contributed by atoms with Gasteiger partial charge in [0.15, 0.2) is 0 Å². The van der Waals surface area contributed by atoms with E-state index >= 15 is 0 Å². The fourth-order valence-corrected chi connectivity index (χ4v) is 3.85. The number of hydrogen-bond acceptors (Lipinski definition) is 1. The Morgan fingerprint density at radius 3 is 2.14 bits per heavy atom. The molecular weight excluding hydrogens is 325 g/mol. The van der Waals surface area contributed by atoms with E-state index in [0.717, 1.165) is 0 Å². The zero-order valence-corrected chi connectivity index (χ0v) is 15.7. The number of benzene rings is 1. The van der Waals surface area contributed by atoms with Crippen LogP contribution in [0.3, 0.4) is 0 Å². The molecule has 1 aromatic carbocycles. The van der Waals surface area contributed by atoms with Gasteiger partial charge in [-0.25, -0.2) is 0 Å². The van der Waals surface area contributed by atoms with Crippen LogP contribution in [0, 0.1) is 5.92 Å². The van der Waals surface area contributed by atoms with Crippen LogP contribution in [0.2, 0.25) is 10.0 Å². The first-order valence-corrected chi connectivity index (χ1v) is 8.24. The molecule has 0 amide bonds. The highest BCUT2D eigenvalue weighted by Crippen LogP contribution is 2.50. The molecule has 1 nitrogen and oxygen atoms in total. The molecule has 0 aromatic heterocycles. The molecule has 0 saturated heterocycles. The average Bonchev–Trinajstić information content (AvgIpc) is 2.30. The van der Waals surface area contributed by atoms with Crippen molar-refractivity contribution in [3.05, 3.63) is 33.8 Å². The summed E-state index contributed by atoms with van der Waals surface area (Å²) in [7, 11) is 4.40. The first kappa shape index (κ1) is 19.1. The minimum absolute atomic E-state index is 0. The fourth-order valence-electron chi connectivity index (χ4n) is 3.55. The van der Waals surface area contributed by atoms with Crippen molar-refractivity contribution in [1.82, 2.24) is 4.90 Å². The van der Waals surface area contributed by atoms with Crippen molar-refractivity contribution in [2.24, 2.45) is 5.92 Å². The largest absolute Gasteiger partial charge is 0.306 e. The van der Waals surface area contributed by atoms with Gasteiger partial charge in [-0.05, 0) is 57.0 Å². The van der Waals surface area contributed by atoms with Gasteiger partial charge in [-0.2, -0.15) is 0 Å². The zero-order chi connectivity index (χ0) is 14.9. The molecule has 1 unspecified atom stereocenters. The Kier molecular flexibility index (Phi) is 6.86. The van der Waals surface area contributed by atoms with E-state index in [4.69, 9.17) is 23.2 Å². The number of rotatable bonds is 5. The van der Waals surface area contributed by atoms with Crippen molar-refractivity contribution in [3.8, 4) is 0 Å². The summed E-state index contributed by atoms with van der Waals surface area (Å²) in [6.45, 7) is 4.61. The van der Waals surface area contributed by atoms with Gasteiger partial charge < -0.3 is 4.90 Å². The summed E-state index contributed by atoms with van der Waals surface area (Å²) in [6, 6.07) is 6.76. The summed E-state index contributed by atoms with van der Waals surface area (Å²) in [5.41, 5.74) is 1.61. The van der Waals surface area contributed by atoms with Gasteiger partial charge in [0.05, 0.1) is 10.0 Å². The molecule has 1 aromatic rings. The number of nitrogens with zero attached hydrogens (tertiary/aromatic N) is 1. The van der Waals surface area contributed by atoms with Crippen LogP contribution in [0.25, 0.3) is 0 Å². The summed E-state index contributed by atoms with van der Waals surface area (Å²) >= 11 is 12.3. The Morgan fingerprint density at radius 2 is 1.76 bits per heavy atom. The van der Waals surface area contributed by atoms with Crippen LogP contribution in [0.1, 0.15) is 45.1 Å². The fraction of sp³-hybridized carbons (Fsp3) is 0.647. The SMILES string of the molecule is CC(C)CC(N(C)C)C1(c2ccc(Cl)c(Cl)c2)CCC1.Cl. The lowest BCUT2D eigenvalue weighted by molar-refractivity contribution is 0.0808. The first-order chi connectivity index (χ1) is 9.36. The van der Waals surface area contributed by atoms with Crippen LogP contribution in [-0.2, 0) is 5.41 Å². The van der Waals surface area contributed by atoms with E-state index in [2.05, 4.69) is 45.0 Å². The number of halogens is 3. The van der Waals surface area contributed by atoms with E-state index in [1.54, 1.807) is 0 Å². The lowest BCUT2D eigenvalue weighted by Crippen LogP contribution is -2.52. The third-order valence-corrected chi connectivity index (χ3v) is 5.44. The molecule has 0 heterocycles. The molecule has 4 heteroatoms. The van der Waals surface area contributed by atoms with Crippen molar-refractivity contribution in [1.29, 1.82) is 0 Å². The van der Waals surface area contributed by atoms with Gasteiger partial charge >= 0.3 is 0 Å². The highest BCUT2D eigenvalue weighted by atomic mass is 35.5. The molecule has 1 atom stereocenters. The van der Waals surface area contributed by atoms with Gasteiger partial charge in [-0.1, -0.05) is 49.5 Å². The van der Waals surface area contributed by atoms with E-state index in [-0.39, 0.29) is 17.8 Å². The van der Waals surface area contributed by atoms with E-state index in [1.807, 2.05) is 6.07 Å². The van der Waals surface area contributed by atoms with Crippen molar-refractivity contribution in [2.45, 2.75) is 51.0 Å². The van der Waals surface area contributed by atoms with Gasteiger partial charge in [0, 0.05) is 11.5 Å². The zero-order valence-electron chi connectivity index (χ0n) is 13.3. The Bertz CT molecular complexity index is 467. The highest BCUT2D eigenvalue weighted by Gasteiger charge is 2.46. The third kappa shape index (κ3) is 3.88. The number of likely N-dealkylation sites (N-methyl/N-ethyl adjacent to an activating group) is 1. The van der Waals surface area contributed by atoms with Crippen molar-refractivity contribution >= 4 is 35.6 Å². The molecule has 0 aliphatic heterocycles. The summed E-state index contributed by atoms with van der Waals surface area (Å²) in [6.07, 6.45) is 5.02. The Morgan fingerprint density at radius 1 is 1.14 bits per heavy atom. The smallest absolute Gasteiger partial charge is 0.0595 e. The minimum Gasteiger partial charge on any atom is -0.306 e. The van der Waals surface area contributed by atoms with Crippen LogP contribution in [0.5, 0.6) is 0 Å². The Labute approximate surface area is 145 Å². The van der Waals surface area contributed by atoms with Gasteiger partial charge in [0.2, 0.25) is 0 Å². The Hall–Kier alpha value is 0.0500. The van der Waals surface area contributed by atoms with E-state index in [9.17, 15) is 0 Å². The topological polar surface area (TPSA) is 3.24 Å². The Balaban J connectivity index is 0.00000220. The molecule has 0 radical (unpaired) electrons. The molecule has 2 rings (SSSR count). The molecule has 1 aliphatic rings. The summed E-state index contributed by atoms with van der Waals surface area (Å²) in [5.74, 6) is 0.697. The van der Waals surface area contributed by atoms with E-state index in [0.29, 0.717) is 22.0 Å². The molecule has 1 fully saturated rings. The van der Waals surface area contributed by atoms with Crippen LogP contribution < -0.4 is 0 Å². The van der Waals surface area contributed by atoms with Gasteiger partial charge in [0.1, 0.15) is 0 Å². The average molecular weight is 351 g/mol. The summed E-state index contributed by atoms with van der Waals surface area (Å²) in [5, 5.41) is 1.33. The predicted molar refractivity (Wildman–Crippen MR) is 96.2 cm³/mol. The van der Waals surface area contributed by atoms with Crippen molar-refractivity contribution in [3.63, 3.8) is 0 Å². The molecule has 0 N–H and O–H groups in total. The highest BCUT2D eigenvalue weighted by molar-refractivity contribution is 6.42. The maximum atomic E-state index is 6.25. The second-order valence-corrected chi connectivity index (χ2v) is 7.56. The molecular formula is C17H26Cl3N. The monoisotopic (exact) mass is 349 g/mol. The predicted octanol–water partition coefficient (Wildman–Crippen LogP) is 5.81. The van der Waals surface area contributed by atoms with E-state index in [1.165, 1.54) is 31.2 Å². The number of hydrogen-bond donors (Lipinski definition) is 0. The molecule has 0 bridgehead atoms. The third-order valence-electron chi connectivity index (χ3n) is 4.70. The second-order valence-electron chi connectivity index (χ2n) is 6.75. The van der Waals surface area contributed by atoms with Crippen LogP contribution in [0.4, 0.5) is 0 Å². The van der Waals surface area contributed by atoms with Crippen LogP contribution >= 0.6 is 35.6 Å². The van der Waals surface area contributed by atoms with Crippen molar-refractivity contribution in [2.75, 3.05) is 14.1 Å². The molecule has 21 heavy (non-hydrogen) atoms. The van der Waals surface area contributed by atoms with Gasteiger partial charge in [-0.3, -0.25) is 0 Å². The lowest BCUT2D eigenvalue weighted by atomic mass is 9.58. The summed E-state index contributed by atoms with van der Waals surface area (Å²) in [4.78, 5) is 2.39. The first-order valence-electron chi connectivity index (χ1n) is 7.49. The standard InChI is InChI=1S/C17H25Cl2N.ClH/c1-12(2)10-16(20(3)4)17(8-5-9-17)13-6-7-14(18)15(19)11-13;/h6-7,11-12,16H,5,8-10H2,1-4H3;1H. The van der Waals surface area contributed by atoms with Crippen LogP contribution in [0.15, 0.2) is 18.2 Å². The minimum atomic E-state index is 0. The maximum Gasteiger partial charge on any atom is 0.0595 e. The molecule has 1 saturated carbocycles. The van der Waals surface area contributed by atoms with Gasteiger partial charge in [-0.15, -0.1) is 12.4 Å². The van der Waals surface area contributed by atoms with E-state index < -0.39 is 0 Å². The summed E-state index contributed by atoms with van der Waals surface area (Å²) < 4.78 is 0.